The molecule has 1 aromatic rings. The highest BCUT2D eigenvalue weighted by Crippen LogP contribution is 2.31. The number of anilines is 1. The van der Waals surface area contributed by atoms with Crippen LogP contribution in [0.5, 0.6) is 0 Å². The third kappa shape index (κ3) is 4.81. The van der Waals surface area contributed by atoms with Gasteiger partial charge >= 0.3 is 12.1 Å². The highest BCUT2D eigenvalue weighted by molar-refractivity contribution is 9.10. The molecule has 1 amide bonds. The Bertz CT molecular complexity index is 605. The van der Waals surface area contributed by atoms with E-state index in [1.807, 2.05) is 0 Å². The maximum Gasteiger partial charge on any atom is 0.412 e. The standard InChI is InChI=1S/C13H15BrClFN2O4/c1-5-21-11(19)6-8(7(16)10(15)18-9(6)14)17-12(20)22-13(2,3)4/h5H2,1-4H3,(H,17,18,20). The van der Waals surface area contributed by atoms with Gasteiger partial charge in [0, 0.05) is 0 Å². The van der Waals surface area contributed by atoms with Crippen LogP contribution in [-0.2, 0) is 9.47 Å². The lowest BCUT2D eigenvalue weighted by Gasteiger charge is -2.20. The van der Waals surface area contributed by atoms with Gasteiger partial charge in [0.1, 0.15) is 21.5 Å². The highest BCUT2D eigenvalue weighted by atomic mass is 79.9. The number of amides is 1. The van der Waals surface area contributed by atoms with Crippen LogP contribution >= 0.6 is 27.5 Å². The van der Waals surface area contributed by atoms with Crippen molar-refractivity contribution in [3.63, 3.8) is 0 Å². The number of aromatic nitrogens is 1. The zero-order valence-corrected chi connectivity index (χ0v) is 14.8. The van der Waals surface area contributed by atoms with Crippen molar-refractivity contribution in [2.24, 2.45) is 0 Å². The van der Waals surface area contributed by atoms with Gasteiger partial charge in [0.15, 0.2) is 11.0 Å². The van der Waals surface area contributed by atoms with Crippen LogP contribution in [0.4, 0.5) is 14.9 Å². The molecule has 0 bridgehead atoms. The number of hydrogen-bond acceptors (Lipinski definition) is 5. The van der Waals surface area contributed by atoms with E-state index in [2.05, 4.69) is 26.2 Å². The van der Waals surface area contributed by atoms with E-state index in [4.69, 9.17) is 21.1 Å². The van der Waals surface area contributed by atoms with Gasteiger partial charge in [-0.1, -0.05) is 11.6 Å². The van der Waals surface area contributed by atoms with Crippen LogP contribution in [-0.4, -0.2) is 29.3 Å². The first-order chi connectivity index (χ1) is 10.1. The Balaban J connectivity index is 3.26. The summed E-state index contributed by atoms with van der Waals surface area (Å²) in [5.41, 5.74) is -1.53. The van der Waals surface area contributed by atoms with Crippen molar-refractivity contribution in [2.45, 2.75) is 33.3 Å². The van der Waals surface area contributed by atoms with Crippen molar-refractivity contribution >= 4 is 45.3 Å². The number of hydrogen-bond donors (Lipinski definition) is 1. The molecule has 0 saturated heterocycles. The average molecular weight is 398 g/mol. The lowest BCUT2D eigenvalue weighted by atomic mass is 10.2. The van der Waals surface area contributed by atoms with E-state index in [0.29, 0.717) is 0 Å². The van der Waals surface area contributed by atoms with Crippen molar-refractivity contribution in [1.82, 2.24) is 4.98 Å². The molecular weight excluding hydrogens is 383 g/mol. The van der Waals surface area contributed by atoms with Crippen LogP contribution in [0.3, 0.4) is 0 Å². The summed E-state index contributed by atoms with van der Waals surface area (Å²) in [6.45, 7) is 6.59. The van der Waals surface area contributed by atoms with Crippen molar-refractivity contribution in [1.29, 1.82) is 0 Å². The summed E-state index contributed by atoms with van der Waals surface area (Å²) < 4.78 is 23.9. The first kappa shape index (κ1) is 18.6. The lowest BCUT2D eigenvalue weighted by Crippen LogP contribution is -2.28. The minimum absolute atomic E-state index is 0.0524. The summed E-state index contributed by atoms with van der Waals surface area (Å²) in [6, 6.07) is 0. The molecule has 0 unspecified atom stereocenters. The number of ether oxygens (including phenoxy) is 2. The summed E-state index contributed by atoms with van der Waals surface area (Å²) >= 11 is 8.63. The molecule has 1 N–H and O–H groups in total. The summed E-state index contributed by atoms with van der Waals surface area (Å²) in [6.07, 6.45) is -0.939. The van der Waals surface area contributed by atoms with Crippen molar-refractivity contribution in [3.8, 4) is 0 Å². The normalized spacial score (nSPS) is 11.0. The van der Waals surface area contributed by atoms with E-state index in [0.717, 1.165) is 0 Å². The molecule has 0 aromatic carbocycles. The third-order valence-corrected chi connectivity index (χ3v) is 2.98. The Morgan fingerprint density at radius 2 is 2.00 bits per heavy atom. The second-order valence-electron chi connectivity index (χ2n) is 5.10. The number of carbonyl (C=O) groups excluding carboxylic acids is 2. The van der Waals surface area contributed by atoms with Gasteiger partial charge < -0.3 is 9.47 Å². The quantitative estimate of drug-likeness (QED) is 0.612. The molecule has 1 aromatic heterocycles. The first-order valence-corrected chi connectivity index (χ1v) is 7.45. The van der Waals surface area contributed by atoms with Gasteiger partial charge in [-0.05, 0) is 43.6 Å². The van der Waals surface area contributed by atoms with Crippen LogP contribution in [0, 0.1) is 5.82 Å². The topological polar surface area (TPSA) is 77.5 Å². The van der Waals surface area contributed by atoms with E-state index < -0.39 is 34.3 Å². The zero-order valence-electron chi connectivity index (χ0n) is 12.4. The molecule has 9 heteroatoms. The fraction of sp³-hybridized carbons (Fsp3) is 0.462. The van der Waals surface area contributed by atoms with Gasteiger partial charge in [-0.3, -0.25) is 5.32 Å². The Morgan fingerprint density at radius 1 is 1.41 bits per heavy atom. The number of nitrogens with zero attached hydrogens (tertiary/aromatic N) is 1. The van der Waals surface area contributed by atoms with E-state index in [9.17, 15) is 14.0 Å². The van der Waals surface area contributed by atoms with Crippen LogP contribution in [0.15, 0.2) is 4.60 Å². The van der Waals surface area contributed by atoms with Gasteiger partial charge in [0.25, 0.3) is 0 Å². The van der Waals surface area contributed by atoms with E-state index in [-0.39, 0.29) is 16.8 Å². The van der Waals surface area contributed by atoms with Crippen molar-refractivity contribution < 1.29 is 23.5 Å². The fourth-order valence-corrected chi connectivity index (χ4v) is 2.24. The monoisotopic (exact) mass is 396 g/mol. The molecule has 6 nitrogen and oxygen atoms in total. The molecule has 0 spiro atoms. The SMILES string of the molecule is CCOC(=O)c1c(Br)nc(Cl)c(F)c1NC(=O)OC(C)(C)C. The summed E-state index contributed by atoms with van der Waals surface area (Å²) in [5.74, 6) is -1.91. The van der Waals surface area contributed by atoms with Crippen LogP contribution in [0.25, 0.3) is 0 Å². The first-order valence-electron chi connectivity index (χ1n) is 6.28. The van der Waals surface area contributed by atoms with E-state index in [1.165, 1.54) is 0 Å². The lowest BCUT2D eigenvalue weighted by molar-refractivity contribution is 0.0525. The predicted octanol–water partition coefficient (Wildman–Crippen LogP) is 4.16. The van der Waals surface area contributed by atoms with Gasteiger partial charge in [-0.2, -0.15) is 0 Å². The second-order valence-corrected chi connectivity index (χ2v) is 6.21. The number of rotatable bonds is 3. The van der Waals surface area contributed by atoms with Crippen LogP contribution in [0.1, 0.15) is 38.1 Å². The minimum atomic E-state index is -1.06. The number of halogens is 3. The number of esters is 1. The predicted molar refractivity (Wildman–Crippen MR) is 82.7 cm³/mol. The molecule has 122 valence electrons. The minimum Gasteiger partial charge on any atom is -0.462 e. The Morgan fingerprint density at radius 3 is 2.50 bits per heavy atom. The van der Waals surface area contributed by atoms with E-state index in [1.54, 1.807) is 27.7 Å². The molecule has 0 saturated carbocycles. The van der Waals surface area contributed by atoms with E-state index >= 15 is 0 Å². The van der Waals surface area contributed by atoms with Gasteiger partial charge in [0.2, 0.25) is 0 Å². The largest absolute Gasteiger partial charge is 0.462 e. The highest BCUT2D eigenvalue weighted by Gasteiger charge is 2.27. The molecule has 0 atom stereocenters. The van der Waals surface area contributed by atoms with Crippen molar-refractivity contribution in [3.05, 3.63) is 21.1 Å². The molecule has 0 aliphatic heterocycles. The van der Waals surface area contributed by atoms with Gasteiger partial charge in [-0.25, -0.2) is 19.0 Å². The molecule has 0 radical (unpaired) electrons. The second kappa shape index (κ2) is 7.23. The van der Waals surface area contributed by atoms with Crippen LogP contribution in [0.2, 0.25) is 5.15 Å². The molecule has 0 aliphatic carbocycles. The molecule has 22 heavy (non-hydrogen) atoms. The Kier molecular flexibility index (Phi) is 6.13. The summed E-state index contributed by atoms with van der Waals surface area (Å²) in [4.78, 5) is 27.4. The molecule has 1 heterocycles. The molecular formula is C13H15BrClFN2O4. The Hall–Kier alpha value is -1.41. The molecule has 1 rings (SSSR count). The van der Waals surface area contributed by atoms with Crippen molar-refractivity contribution in [2.75, 3.05) is 11.9 Å². The smallest absolute Gasteiger partial charge is 0.412 e. The Labute approximate surface area is 140 Å². The maximum atomic E-state index is 14.1. The average Bonchev–Trinajstić information content (AvgIpc) is 2.33. The number of pyridine rings is 1. The summed E-state index contributed by atoms with van der Waals surface area (Å²) in [5, 5.41) is 1.66. The zero-order chi connectivity index (χ0) is 17.1. The third-order valence-electron chi connectivity index (χ3n) is 2.16. The number of nitrogens with one attached hydrogen (secondary N) is 1. The fourth-order valence-electron chi connectivity index (χ4n) is 1.42. The maximum absolute atomic E-state index is 14.1. The van der Waals surface area contributed by atoms with Gasteiger partial charge in [0.05, 0.1) is 6.61 Å². The molecule has 0 aliphatic rings. The summed E-state index contributed by atoms with van der Waals surface area (Å²) in [7, 11) is 0. The van der Waals surface area contributed by atoms with Gasteiger partial charge in [-0.15, -0.1) is 0 Å². The molecule has 0 fully saturated rings. The van der Waals surface area contributed by atoms with Crippen LogP contribution < -0.4 is 5.32 Å². The number of carbonyl (C=O) groups is 2.